The Bertz CT molecular complexity index is 825. The molecule has 1 aromatic heterocycles. The maximum absolute atomic E-state index is 12.8. The van der Waals surface area contributed by atoms with Crippen LogP contribution < -0.4 is 15.7 Å². The summed E-state index contributed by atoms with van der Waals surface area (Å²) in [5.74, 6) is 1.29. The largest absolute Gasteiger partial charge is 0.461 e. The zero-order valence-electron chi connectivity index (χ0n) is 19.6. The number of fused-ring (bicyclic) bond motifs is 1. The third-order valence-electron chi connectivity index (χ3n) is 6.81. The Morgan fingerprint density at radius 2 is 1.82 bits per heavy atom. The van der Waals surface area contributed by atoms with E-state index in [2.05, 4.69) is 20.2 Å². The highest BCUT2D eigenvalue weighted by Crippen LogP contribution is 2.51. The third-order valence-corrected chi connectivity index (χ3v) is 6.81. The first-order chi connectivity index (χ1) is 15.7. The number of hydrogen-bond acceptors (Lipinski definition) is 9. The Labute approximate surface area is 194 Å². The summed E-state index contributed by atoms with van der Waals surface area (Å²) in [6.45, 7) is 8.68. The van der Waals surface area contributed by atoms with Crippen LogP contribution in [0.2, 0.25) is 0 Å². The van der Waals surface area contributed by atoms with Gasteiger partial charge in [-0.3, -0.25) is 14.8 Å². The zero-order valence-corrected chi connectivity index (χ0v) is 19.6. The number of nitrogens with one attached hydrogen (secondary N) is 2. The Kier molecular flexibility index (Phi) is 7.16. The molecule has 3 fully saturated rings. The topological polar surface area (TPSA) is 126 Å². The summed E-state index contributed by atoms with van der Waals surface area (Å²) in [6.07, 6.45) is 7.01. The van der Waals surface area contributed by atoms with Crippen molar-refractivity contribution in [2.75, 3.05) is 31.1 Å². The van der Waals surface area contributed by atoms with Crippen LogP contribution in [0.5, 0.6) is 0 Å². The summed E-state index contributed by atoms with van der Waals surface area (Å²) in [5.41, 5.74) is 1.46. The molecular weight excluding hydrogens is 426 g/mol. The van der Waals surface area contributed by atoms with Gasteiger partial charge in [-0.15, -0.1) is 0 Å². The number of amides is 1. The number of aromatic nitrogens is 2. The molecule has 3 aliphatic rings. The van der Waals surface area contributed by atoms with E-state index >= 15 is 0 Å². The Balaban J connectivity index is 1.26. The smallest absolute Gasteiger partial charge is 0.325 e. The minimum atomic E-state index is -0.631. The van der Waals surface area contributed by atoms with Gasteiger partial charge in [0.1, 0.15) is 12.1 Å². The summed E-state index contributed by atoms with van der Waals surface area (Å²) in [7, 11) is 0. The van der Waals surface area contributed by atoms with Crippen LogP contribution in [0.15, 0.2) is 12.4 Å². The molecule has 1 saturated heterocycles. The molecule has 2 unspecified atom stereocenters. The van der Waals surface area contributed by atoms with E-state index in [1.54, 1.807) is 5.48 Å². The molecule has 0 radical (unpaired) electrons. The predicted molar refractivity (Wildman–Crippen MR) is 120 cm³/mol. The summed E-state index contributed by atoms with van der Waals surface area (Å²) < 4.78 is 11.6. The number of carbonyl (C=O) groups is 2. The molecular formula is C23H35N5O5. The van der Waals surface area contributed by atoms with Crippen LogP contribution in [0.4, 0.5) is 5.95 Å². The van der Waals surface area contributed by atoms with Crippen LogP contribution in [-0.4, -0.2) is 71.0 Å². The molecule has 33 heavy (non-hydrogen) atoms. The van der Waals surface area contributed by atoms with Gasteiger partial charge in [0.25, 0.3) is 5.91 Å². The molecule has 3 N–H and O–H groups in total. The van der Waals surface area contributed by atoms with E-state index in [0.29, 0.717) is 30.3 Å². The summed E-state index contributed by atoms with van der Waals surface area (Å²) in [4.78, 5) is 34.8. The van der Waals surface area contributed by atoms with Crippen molar-refractivity contribution in [3.8, 4) is 0 Å². The van der Waals surface area contributed by atoms with Gasteiger partial charge in [-0.05, 0) is 70.8 Å². The van der Waals surface area contributed by atoms with Gasteiger partial charge >= 0.3 is 5.97 Å². The van der Waals surface area contributed by atoms with E-state index in [0.717, 1.165) is 45.3 Å². The van der Waals surface area contributed by atoms with E-state index in [1.807, 2.05) is 20.8 Å². The van der Waals surface area contributed by atoms with E-state index < -0.39 is 11.9 Å². The minimum Gasteiger partial charge on any atom is -0.461 e. The Hall–Kier alpha value is -2.30. The first kappa shape index (κ1) is 23.8. The highest BCUT2D eigenvalue weighted by atomic mass is 16.6. The van der Waals surface area contributed by atoms with Gasteiger partial charge in [0.15, 0.2) is 0 Å². The SMILES string of the molecule is CC(C)(C)OC[C@H](NCC1C2CN(c3ncc(C(=O)NO)cn3)CC12)C(=O)OC1CCCC1. The number of ether oxygens (including phenoxy) is 2. The van der Waals surface area contributed by atoms with Gasteiger partial charge in [-0.1, -0.05) is 0 Å². The summed E-state index contributed by atoms with van der Waals surface area (Å²) >= 11 is 0. The van der Waals surface area contributed by atoms with Crippen LogP contribution in [0.3, 0.4) is 0 Å². The van der Waals surface area contributed by atoms with E-state index in [-0.39, 0.29) is 23.2 Å². The minimum absolute atomic E-state index is 0.0418. The lowest BCUT2D eigenvalue weighted by Gasteiger charge is -2.26. The molecule has 4 rings (SSSR count). The summed E-state index contributed by atoms with van der Waals surface area (Å²) in [5, 5.41) is 12.1. The van der Waals surface area contributed by atoms with Crippen molar-refractivity contribution >= 4 is 17.8 Å². The van der Waals surface area contributed by atoms with E-state index in [9.17, 15) is 9.59 Å². The molecule has 0 bridgehead atoms. The van der Waals surface area contributed by atoms with Crippen molar-refractivity contribution in [2.24, 2.45) is 17.8 Å². The molecule has 1 aromatic rings. The lowest BCUT2D eigenvalue weighted by Crippen LogP contribution is -2.45. The van der Waals surface area contributed by atoms with Crippen LogP contribution in [0.25, 0.3) is 0 Å². The highest BCUT2D eigenvalue weighted by Gasteiger charge is 2.55. The zero-order chi connectivity index (χ0) is 23.6. The first-order valence-electron chi connectivity index (χ1n) is 11.8. The molecule has 0 spiro atoms. The molecule has 182 valence electrons. The normalized spacial score (nSPS) is 25.6. The molecule has 1 amide bonds. The van der Waals surface area contributed by atoms with Gasteiger partial charge in [-0.2, -0.15) is 0 Å². The van der Waals surface area contributed by atoms with Gasteiger partial charge in [0.2, 0.25) is 5.95 Å². The first-order valence-corrected chi connectivity index (χ1v) is 11.8. The fourth-order valence-electron chi connectivity index (χ4n) is 4.86. The number of anilines is 1. The van der Waals surface area contributed by atoms with Crippen molar-refractivity contribution in [3.05, 3.63) is 18.0 Å². The van der Waals surface area contributed by atoms with Gasteiger partial charge in [-0.25, -0.2) is 15.4 Å². The van der Waals surface area contributed by atoms with Crippen molar-refractivity contribution < 1.29 is 24.3 Å². The second-order valence-electron chi connectivity index (χ2n) is 10.3. The average molecular weight is 462 g/mol. The predicted octanol–water partition coefficient (Wildman–Crippen LogP) is 1.54. The fraction of sp³-hybridized carbons (Fsp3) is 0.739. The summed E-state index contributed by atoms with van der Waals surface area (Å²) in [6, 6.07) is -0.462. The molecule has 10 heteroatoms. The lowest BCUT2D eigenvalue weighted by molar-refractivity contribution is -0.154. The third kappa shape index (κ3) is 5.99. The Morgan fingerprint density at radius 3 is 2.39 bits per heavy atom. The average Bonchev–Trinajstić information content (AvgIpc) is 3.16. The molecule has 2 saturated carbocycles. The number of nitrogens with zero attached hydrogens (tertiary/aromatic N) is 3. The van der Waals surface area contributed by atoms with Gasteiger partial charge < -0.3 is 19.7 Å². The van der Waals surface area contributed by atoms with E-state index in [1.165, 1.54) is 12.4 Å². The molecule has 2 heterocycles. The van der Waals surface area contributed by atoms with Crippen LogP contribution >= 0.6 is 0 Å². The molecule has 3 atom stereocenters. The maximum Gasteiger partial charge on any atom is 0.325 e. The van der Waals surface area contributed by atoms with E-state index in [4.69, 9.17) is 14.7 Å². The van der Waals surface area contributed by atoms with Gasteiger partial charge in [0.05, 0.1) is 17.8 Å². The van der Waals surface area contributed by atoms with Crippen molar-refractivity contribution in [2.45, 2.75) is 64.2 Å². The Morgan fingerprint density at radius 1 is 1.18 bits per heavy atom. The number of esters is 1. The standard InChI is InChI=1S/C23H35N5O5/c1-23(2,3)32-13-19(21(30)33-15-6-4-5-7-15)24-10-16-17-11-28(12-18(16)17)22-25-8-14(9-26-22)20(29)27-31/h8-9,15-19,24,31H,4-7,10-13H2,1-3H3,(H,27,29)/t16?,17?,18?,19-/m0/s1. The number of hydroxylamine groups is 1. The van der Waals surface area contributed by atoms with Gasteiger partial charge in [0, 0.05) is 25.5 Å². The second kappa shape index (κ2) is 9.90. The molecule has 1 aliphatic heterocycles. The van der Waals surface area contributed by atoms with Crippen LogP contribution in [0, 0.1) is 17.8 Å². The van der Waals surface area contributed by atoms with Crippen molar-refractivity contribution in [1.82, 2.24) is 20.8 Å². The number of rotatable bonds is 9. The van der Waals surface area contributed by atoms with Crippen LogP contribution in [-0.2, 0) is 14.3 Å². The monoisotopic (exact) mass is 461 g/mol. The maximum atomic E-state index is 12.8. The number of piperidine rings is 1. The number of carbonyl (C=O) groups excluding carboxylic acids is 2. The molecule has 0 aromatic carbocycles. The number of hydrogen-bond donors (Lipinski definition) is 3. The van der Waals surface area contributed by atoms with Crippen molar-refractivity contribution in [1.29, 1.82) is 0 Å². The van der Waals surface area contributed by atoms with Crippen LogP contribution in [0.1, 0.15) is 56.8 Å². The quantitative estimate of drug-likeness (QED) is 0.285. The lowest BCUT2D eigenvalue weighted by atomic mass is 10.2. The molecule has 2 aliphatic carbocycles. The molecule has 10 nitrogen and oxygen atoms in total. The second-order valence-corrected chi connectivity index (χ2v) is 10.3. The fourth-order valence-corrected chi connectivity index (χ4v) is 4.86. The van der Waals surface area contributed by atoms with Crippen molar-refractivity contribution in [3.63, 3.8) is 0 Å². The highest BCUT2D eigenvalue weighted by molar-refractivity contribution is 5.92.